The van der Waals surface area contributed by atoms with Crippen LogP contribution in [-0.2, 0) is 9.59 Å². The SMILES string of the molecule is CCC(Sc1cccc(NC(=O)/C(=C/c2cccs2)NC(=O)c2ccccc2)c1)C(=O)Nc1ccc(C)c(Cl)c1. The molecule has 3 N–H and O–H groups in total. The molecule has 3 amide bonds. The molecule has 204 valence electrons. The van der Waals surface area contributed by atoms with E-state index in [-0.39, 0.29) is 22.8 Å². The van der Waals surface area contributed by atoms with Crippen molar-refractivity contribution in [1.82, 2.24) is 5.32 Å². The minimum atomic E-state index is -0.458. The van der Waals surface area contributed by atoms with Crippen molar-refractivity contribution < 1.29 is 14.4 Å². The van der Waals surface area contributed by atoms with Crippen LogP contribution in [0.1, 0.15) is 34.1 Å². The summed E-state index contributed by atoms with van der Waals surface area (Å²) in [6.07, 6.45) is 2.25. The molecule has 40 heavy (non-hydrogen) atoms. The van der Waals surface area contributed by atoms with Gasteiger partial charge >= 0.3 is 0 Å². The average Bonchev–Trinajstić information content (AvgIpc) is 3.47. The number of anilines is 2. The number of hydrogen-bond donors (Lipinski definition) is 3. The van der Waals surface area contributed by atoms with Crippen molar-refractivity contribution in [2.24, 2.45) is 0 Å². The van der Waals surface area contributed by atoms with E-state index in [1.807, 2.05) is 67.8 Å². The maximum atomic E-state index is 13.3. The van der Waals surface area contributed by atoms with Crippen LogP contribution in [0.2, 0.25) is 5.02 Å². The molecule has 0 radical (unpaired) electrons. The van der Waals surface area contributed by atoms with Crippen LogP contribution in [-0.4, -0.2) is 23.0 Å². The fraction of sp³-hybridized carbons (Fsp3) is 0.129. The van der Waals surface area contributed by atoms with E-state index in [1.54, 1.807) is 42.5 Å². The summed E-state index contributed by atoms with van der Waals surface area (Å²) in [7, 11) is 0. The second kappa shape index (κ2) is 14.0. The molecule has 9 heteroatoms. The van der Waals surface area contributed by atoms with Crippen LogP contribution in [0.5, 0.6) is 0 Å². The Morgan fingerprint density at radius 2 is 1.70 bits per heavy atom. The van der Waals surface area contributed by atoms with E-state index in [2.05, 4.69) is 16.0 Å². The zero-order chi connectivity index (χ0) is 28.5. The van der Waals surface area contributed by atoms with Gasteiger partial charge in [-0.15, -0.1) is 23.1 Å². The highest BCUT2D eigenvalue weighted by molar-refractivity contribution is 8.00. The first-order chi connectivity index (χ1) is 19.3. The number of thioether (sulfide) groups is 1. The fourth-order valence-electron chi connectivity index (χ4n) is 3.68. The third-order valence-electron chi connectivity index (χ3n) is 5.83. The maximum absolute atomic E-state index is 13.3. The first-order valence-corrected chi connectivity index (χ1v) is 14.7. The maximum Gasteiger partial charge on any atom is 0.272 e. The number of carbonyl (C=O) groups excluding carboxylic acids is 3. The molecule has 1 unspecified atom stereocenters. The summed E-state index contributed by atoms with van der Waals surface area (Å²) in [5.74, 6) is -0.970. The summed E-state index contributed by atoms with van der Waals surface area (Å²) in [5, 5.41) is 10.7. The monoisotopic (exact) mass is 589 g/mol. The molecular formula is C31H28ClN3O3S2. The molecule has 0 saturated carbocycles. The molecule has 0 aliphatic rings. The van der Waals surface area contributed by atoms with E-state index >= 15 is 0 Å². The molecule has 3 aromatic carbocycles. The largest absolute Gasteiger partial charge is 0.325 e. The minimum absolute atomic E-state index is 0.122. The zero-order valence-electron chi connectivity index (χ0n) is 21.9. The quantitative estimate of drug-likeness (QED) is 0.131. The van der Waals surface area contributed by atoms with Crippen molar-refractivity contribution in [2.75, 3.05) is 10.6 Å². The smallest absolute Gasteiger partial charge is 0.272 e. The van der Waals surface area contributed by atoms with Gasteiger partial charge in [-0.1, -0.05) is 54.9 Å². The highest BCUT2D eigenvalue weighted by Gasteiger charge is 2.20. The molecular weight excluding hydrogens is 562 g/mol. The fourth-order valence-corrected chi connectivity index (χ4v) is 5.53. The lowest BCUT2D eigenvalue weighted by atomic mass is 10.2. The number of rotatable bonds is 10. The zero-order valence-corrected chi connectivity index (χ0v) is 24.3. The number of hydrogen-bond acceptors (Lipinski definition) is 5. The van der Waals surface area contributed by atoms with Crippen LogP contribution in [0, 0.1) is 6.92 Å². The average molecular weight is 590 g/mol. The van der Waals surface area contributed by atoms with Gasteiger partial charge in [-0.2, -0.15) is 0 Å². The Bertz CT molecular complexity index is 1520. The minimum Gasteiger partial charge on any atom is -0.325 e. The number of aryl methyl sites for hydroxylation is 1. The second-order valence-corrected chi connectivity index (χ2v) is 11.5. The van der Waals surface area contributed by atoms with Crippen LogP contribution in [0.25, 0.3) is 6.08 Å². The lowest BCUT2D eigenvalue weighted by Crippen LogP contribution is -2.30. The number of nitrogens with one attached hydrogen (secondary N) is 3. The molecule has 0 saturated heterocycles. The Morgan fingerprint density at radius 1 is 0.925 bits per heavy atom. The van der Waals surface area contributed by atoms with E-state index < -0.39 is 5.91 Å². The third-order valence-corrected chi connectivity index (χ3v) is 8.42. The first kappa shape index (κ1) is 29.1. The summed E-state index contributed by atoms with van der Waals surface area (Å²) >= 11 is 9.07. The van der Waals surface area contributed by atoms with Gasteiger partial charge in [0.2, 0.25) is 5.91 Å². The Kier molecular flexibility index (Phi) is 10.2. The first-order valence-electron chi connectivity index (χ1n) is 12.6. The van der Waals surface area contributed by atoms with Crippen LogP contribution >= 0.6 is 34.7 Å². The van der Waals surface area contributed by atoms with Crippen LogP contribution in [0.15, 0.2) is 101 Å². The Labute approximate surface area is 246 Å². The number of benzene rings is 3. The molecule has 6 nitrogen and oxygen atoms in total. The van der Waals surface area contributed by atoms with Crippen molar-refractivity contribution in [3.63, 3.8) is 0 Å². The Morgan fingerprint density at radius 3 is 2.40 bits per heavy atom. The standard InChI is InChI=1S/C31H28ClN3O3S2/c1-3-28(31(38)34-23-15-14-20(2)26(32)18-23)40-25-12-7-11-22(17-25)33-30(37)27(19-24-13-8-16-39-24)35-29(36)21-9-5-4-6-10-21/h4-19,28H,3H2,1-2H3,(H,33,37)(H,34,38)(H,35,36)/b27-19-. The molecule has 0 bridgehead atoms. The molecule has 0 spiro atoms. The molecule has 4 rings (SSSR count). The van der Waals surface area contributed by atoms with Crippen molar-refractivity contribution in [3.8, 4) is 0 Å². The van der Waals surface area contributed by atoms with Crippen LogP contribution in [0.3, 0.4) is 0 Å². The normalized spacial score (nSPS) is 11.9. The van der Waals surface area contributed by atoms with E-state index in [1.165, 1.54) is 23.1 Å². The summed E-state index contributed by atoms with van der Waals surface area (Å²) in [5.41, 5.74) is 2.69. The van der Waals surface area contributed by atoms with Gasteiger partial charge in [0.25, 0.3) is 11.8 Å². The summed E-state index contributed by atoms with van der Waals surface area (Å²) in [4.78, 5) is 40.7. The van der Waals surface area contributed by atoms with Crippen molar-refractivity contribution in [1.29, 1.82) is 0 Å². The molecule has 1 heterocycles. The topological polar surface area (TPSA) is 87.3 Å². The van der Waals surface area contributed by atoms with Crippen molar-refractivity contribution >= 4 is 69.9 Å². The number of halogens is 1. The molecule has 0 fully saturated rings. The van der Waals surface area contributed by atoms with Gasteiger partial charge in [-0.05, 0) is 78.9 Å². The van der Waals surface area contributed by atoms with E-state index in [9.17, 15) is 14.4 Å². The molecule has 0 aliphatic heterocycles. The summed E-state index contributed by atoms with van der Waals surface area (Å²) < 4.78 is 0. The van der Waals surface area contributed by atoms with Crippen molar-refractivity contribution in [2.45, 2.75) is 30.4 Å². The summed E-state index contributed by atoms with van der Waals surface area (Å²) in [6.45, 7) is 3.85. The Hall–Kier alpha value is -3.85. The lowest BCUT2D eigenvalue weighted by Gasteiger charge is -2.16. The molecule has 1 aromatic heterocycles. The van der Waals surface area contributed by atoms with E-state index in [0.717, 1.165) is 15.3 Å². The number of amides is 3. The highest BCUT2D eigenvalue weighted by Crippen LogP contribution is 2.29. The Balaban J connectivity index is 1.46. The van der Waals surface area contributed by atoms with Crippen molar-refractivity contribution in [3.05, 3.63) is 117 Å². The van der Waals surface area contributed by atoms with E-state index in [4.69, 9.17) is 11.6 Å². The predicted molar refractivity (Wildman–Crippen MR) is 166 cm³/mol. The van der Waals surface area contributed by atoms with Gasteiger partial charge in [-0.3, -0.25) is 14.4 Å². The van der Waals surface area contributed by atoms with Gasteiger partial charge in [0, 0.05) is 31.7 Å². The predicted octanol–water partition coefficient (Wildman–Crippen LogP) is 7.63. The van der Waals surface area contributed by atoms with Gasteiger partial charge in [0.15, 0.2) is 0 Å². The van der Waals surface area contributed by atoms with Gasteiger partial charge in [-0.25, -0.2) is 0 Å². The molecule has 1 atom stereocenters. The molecule has 4 aromatic rings. The summed E-state index contributed by atoms with van der Waals surface area (Å²) in [6, 6.07) is 25.2. The lowest BCUT2D eigenvalue weighted by molar-refractivity contribution is -0.116. The van der Waals surface area contributed by atoms with Crippen LogP contribution in [0.4, 0.5) is 11.4 Å². The molecule has 0 aliphatic carbocycles. The van der Waals surface area contributed by atoms with E-state index in [0.29, 0.717) is 28.4 Å². The van der Waals surface area contributed by atoms with Gasteiger partial charge in [0.1, 0.15) is 5.70 Å². The number of carbonyl (C=O) groups is 3. The van der Waals surface area contributed by atoms with Gasteiger partial charge in [0.05, 0.1) is 5.25 Å². The second-order valence-electron chi connectivity index (χ2n) is 8.84. The number of thiophene rings is 1. The highest BCUT2D eigenvalue weighted by atomic mass is 35.5. The third kappa shape index (κ3) is 8.08. The van der Waals surface area contributed by atoms with Gasteiger partial charge < -0.3 is 16.0 Å². The van der Waals surface area contributed by atoms with Crippen LogP contribution < -0.4 is 16.0 Å².